The van der Waals surface area contributed by atoms with Crippen LogP contribution in [-0.2, 0) is 10.0 Å². The van der Waals surface area contributed by atoms with E-state index in [0.717, 1.165) is 12.0 Å². The Balaban J connectivity index is 1.65. The molecule has 2 N–H and O–H groups in total. The molecular weight excluding hydrogens is 360 g/mol. The molecule has 3 rings (SSSR count). The maximum atomic E-state index is 12.4. The molecule has 0 radical (unpaired) electrons. The molecule has 0 spiro atoms. The molecule has 1 fully saturated rings. The Labute approximate surface area is 151 Å². The van der Waals surface area contributed by atoms with Gasteiger partial charge < -0.3 is 14.7 Å². The highest BCUT2D eigenvalue weighted by Crippen LogP contribution is 2.31. The smallest absolute Gasteiger partial charge is 0.318 e. The maximum Gasteiger partial charge on any atom is 0.318 e. The molecule has 1 aliphatic heterocycles. The highest BCUT2D eigenvalue weighted by Gasteiger charge is 2.34. The second-order valence-corrected chi connectivity index (χ2v) is 7.84. The molecule has 1 atom stereocenters. The summed E-state index contributed by atoms with van der Waals surface area (Å²) < 4.78 is 30.4. The van der Waals surface area contributed by atoms with Gasteiger partial charge in [0.2, 0.25) is 21.7 Å². The first-order valence-corrected chi connectivity index (χ1v) is 9.85. The zero-order chi connectivity index (χ0) is 18.6. The summed E-state index contributed by atoms with van der Waals surface area (Å²) in [7, 11) is -2.02. The molecule has 0 saturated carbocycles. The van der Waals surface area contributed by atoms with Crippen LogP contribution in [-0.4, -0.2) is 60.4 Å². The normalized spacial score (nSPS) is 17.4. The van der Waals surface area contributed by atoms with Gasteiger partial charge in [-0.25, -0.2) is 17.9 Å². The Hall–Kier alpha value is -2.53. The van der Waals surface area contributed by atoms with Crippen molar-refractivity contribution in [2.75, 3.05) is 25.9 Å². The van der Waals surface area contributed by atoms with Crippen LogP contribution >= 0.6 is 0 Å². The zero-order valence-corrected chi connectivity index (χ0v) is 15.1. The fraction of sp³-hybridized carbons (Fsp3) is 0.467. The Morgan fingerprint density at radius 1 is 1.38 bits per heavy atom. The minimum absolute atomic E-state index is 0.0251. The summed E-state index contributed by atoms with van der Waals surface area (Å²) in [5.74, 6) is 0.627. The van der Waals surface area contributed by atoms with E-state index in [2.05, 4.69) is 25.2 Å². The zero-order valence-electron chi connectivity index (χ0n) is 14.3. The van der Waals surface area contributed by atoms with Crippen molar-refractivity contribution in [2.45, 2.75) is 18.9 Å². The third-order valence-electron chi connectivity index (χ3n) is 4.14. The molecule has 1 aliphatic rings. The number of nitrogens with zero attached hydrogens (tertiary/aromatic N) is 4. The van der Waals surface area contributed by atoms with Gasteiger partial charge >= 0.3 is 6.03 Å². The number of nitrogens with one attached hydrogen (secondary N) is 2. The highest BCUT2D eigenvalue weighted by molar-refractivity contribution is 7.89. The minimum Gasteiger partial charge on any atom is -0.337 e. The molecule has 2 amide bonds. The van der Waals surface area contributed by atoms with Crippen molar-refractivity contribution in [2.24, 2.45) is 0 Å². The number of aromatic nitrogens is 3. The Bertz CT molecular complexity index is 854. The Kier molecular flexibility index (Phi) is 5.47. The Morgan fingerprint density at radius 2 is 2.15 bits per heavy atom. The molecule has 140 valence electrons. The predicted molar refractivity (Wildman–Crippen MR) is 92.5 cm³/mol. The van der Waals surface area contributed by atoms with Gasteiger partial charge in [-0.2, -0.15) is 4.98 Å². The van der Waals surface area contributed by atoms with E-state index in [1.807, 2.05) is 0 Å². The molecule has 2 aromatic rings. The van der Waals surface area contributed by atoms with Crippen molar-refractivity contribution in [1.82, 2.24) is 30.1 Å². The van der Waals surface area contributed by atoms with Crippen molar-refractivity contribution in [3.63, 3.8) is 0 Å². The number of amides is 2. The van der Waals surface area contributed by atoms with Gasteiger partial charge in [0, 0.05) is 31.0 Å². The van der Waals surface area contributed by atoms with Gasteiger partial charge in [-0.3, -0.25) is 4.98 Å². The van der Waals surface area contributed by atoms with Crippen LogP contribution in [0.1, 0.15) is 24.8 Å². The number of hydrogen-bond acceptors (Lipinski definition) is 7. The molecule has 1 saturated heterocycles. The van der Waals surface area contributed by atoms with Crippen molar-refractivity contribution in [3.05, 3.63) is 30.4 Å². The summed E-state index contributed by atoms with van der Waals surface area (Å²) in [5, 5.41) is 6.59. The molecule has 0 aromatic carbocycles. The quantitative estimate of drug-likeness (QED) is 0.747. The van der Waals surface area contributed by atoms with E-state index >= 15 is 0 Å². The summed E-state index contributed by atoms with van der Waals surface area (Å²) in [6.45, 7) is 0.569. The minimum atomic E-state index is -3.36. The van der Waals surface area contributed by atoms with Gasteiger partial charge in [0.05, 0.1) is 5.75 Å². The van der Waals surface area contributed by atoms with Crippen LogP contribution in [0.4, 0.5) is 4.79 Å². The fourth-order valence-corrected chi connectivity index (χ4v) is 3.33. The fourth-order valence-electron chi connectivity index (χ4n) is 2.75. The number of rotatable bonds is 6. The van der Waals surface area contributed by atoms with Crippen LogP contribution in [0.3, 0.4) is 0 Å². The van der Waals surface area contributed by atoms with Crippen LogP contribution in [0.5, 0.6) is 0 Å². The predicted octanol–water partition coefficient (Wildman–Crippen LogP) is 0.527. The van der Waals surface area contributed by atoms with Gasteiger partial charge in [-0.05, 0) is 32.0 Å². The lowest BCUT2D eigenvalue weighted by molar-refractivity contribution is 0.181. The summed E-state index contributed by atoms with van der Waals surface area (Å²) in [5.41, 5.74) is 0.779. The van der Waals surface area contributed by atoms with Crippen LogP contribution < -0.4 is 10.0 Å². The maximum absolute atomic E-state index is 12.4. The first-order chi connectivity index (χ1) is 12.5. The average Bonchev–Trinajstić information content (AvgIpc) is 3.31. The van der Waals surface area contributed by atoms with E-state index in [4.69, 9.17) is 4.52 Å². The van der Waals surface area contributed by atoms with Crippen LogP contribution in [0.25, 0.3) is 11.4 Å². The van der Waals surface area contributed by atoms with Crippen molar-refractivity contribution >= 4 is 16.1 Å². The molecule has 0 bridgehead atoms. The highest BCUT2D eigenvalue weighted by atomic mass is 32.2. The summed E-state index contributed by atoms with van der Waals surface area (Å²) in [4.78, 5) is 22.3. The number of likely N-dealkylation sites (tertiary alicyclic amines) is 1. The van der Waals surface area contributed by atoms with E-state index in [0.29, 0.717) is 24.7 Å². The van der Waals surface area contributed by atoms with Crippen molar-refractivity contribution < 1.29 is 17.7 Å². The van der Waals surface area contributed by atoms with Crippen molar-refractivity contribution in [1.29, 1.82) is 0 Å². The summed E-state index contributed by atoms with van der Waals surface area (Å²) >= 11 is 0. The topological polar surface area (TPSA) is 130 Å². The number of urea groups is 1. The van der Waals surface area contributed by atoms with Gasteiger partial charge in [0.25, 0.3) is 0 Å². The number of carbonyl (C=O) groups excluding carboxylic acids is 1. The van der Waals surface area contributed by atoms with Gasteiger partial charge in [0.15, 0.2) is 0 Å². The standard InChI is InChI=1S/C15H20N6O4S/c1-16-26(23,24)10-8-18-15(22)21-9-2-3-12(21)14-19-13(20-25-14)11-4-6-17-7-5-11/h4-7,12,16H,2-3,8-10H2,1H3,(H,18,22)/t12-/m0/s1. The van der Waals surface area contributed by atoms with Gasteiger partial charge in [-0.15, -0.1) is 0 Å². The second kappa shape index (κ2) is 7.79. The third kappa shape index (κ3) is 4.17. The second-order valence-electron chi connectivity index (χ2n) is 5.80. The van der Waals surface area contributed by atoms with E-state index < -0.39 is 10.0 Å². The Morgan fingerprint density at radius 3 is 2.88 bits per heavy atom. The average molecular weight is 380 g/mol. The van der Waals surface area contributed by atoms with Crippen molar-refractivity contribution in [3.8, 4) is 11.4 Å². The molecule has 10 nitrogen and oxygen atoms in total. The summed E-state index contributed by atoms with van der Waals surface area (Å²) in [6, 6.07) is 2.88. The number of pyridine rings is 1. The molecule has 11 heteroatoms. The summed E-state index contributed by atoms with van der Waals surface area (Å²) in [6.07, 6.45) is 4.79. The lowest BCUT2D eigenvalue weighted by Crippen LogP contribution is -2.42. The number of hydrogen-bond donors (Lipinski definition) is 2. The van der Waals surface area contributed by atoms with Gasteiger partial charge in [0.1, 0.15) is 6.04 Å². The van der Waals surface area contributed by atoms with E-state index in [-0.39, 0.29) is 24.4 Å². The van der Waals surface area contributed by atoms with E-state index in [1.165, 1.54) is 7.05 Å². The van der Waals surface area contributed by atoms with Crippen LogP contribution in [0, 0.1) is 0 Å². The third-order valence-corrected chi connectivity index (χ3v) is 5.50. The molecular formula is C15H20N6O4S. The van der Waals surface area contributed by atoms with E-state index in [1.54, 1.807) is 29.4 Å². The number of sulfonamides is 1. The lowest BCUT2D eigenvalue weighted by Gasteiger charge is -2.22. The monoisotopic (exact) mass is 380 g/mol. The van der Waals surface area contributed by atoms with E-state index in [9.17, 15) is 13.2 Å². The lowest BCUT2D eigenvalue weighted by atomic mass is 10.2. The number of carbonyl (C=O) groups is 1. The SMILES string of the molecule is CNS(=O)(=O)CCNC(=O)N1CCC[C@H]1c1nc(-c2ccncc2)no1. The first kappa shape index (κ1) is 18.3. The largest absolute Gasteiger partial charge is 0.337 e. The molecule has 0 unspecified atom stereocenters. The van der Waals surface area contributed by atoms with Crippen LogP contribution in [0.2, 0.25) is 0 Å². The molecule has 3 heterocycles. The molecule has 0 aliphatic carbocycles. The molecule has 2 aromatic heterocycles. The van der Waals surface area contributed by atoms with Crippen LogP contribution in [0.15, 0.2) is 29.0 Å². The first-order valence-electron chi connectivity index (χ1n) is 8.20. The van der Waals surface area contributed by atoms with Gasteiger partial charge in [-0.1, -0.05) is 5.16 Å². The molecule has 26 heavy (non-hydrogen) atoms.